The molecule has 0 aliphatic carbocycles. The molecule has 0 bridgehead atoms. The number of nitrogens with zero attached hydrogens (tertiary/aromatic N) is 2. The van der Waals surface area contributed by atoms with Crippen LogP contribution in [0.25, 0.3) is 0 Å². The Morgan fingerprint density at radius 3 is 1.83 bits per heavy atom. The molecule has 0 aliphatic rings. The molecule has 0 amide bonds. The predicted molar refractivity (Wildman–Crippen MR) is 97.2 cm³/mol. The first-order valence-corrected chi connectivity index (χ1v) is 8.66. The predicted octanol–water partition coefficient (Wildman–Crippen LogP) is 7.35. The summed E-state index contributed by atoms with van der Waals surface area (Å²) in [7, 11) is 0. The molecule has 0 aliphatic heterocycles. The second kappa shape index (κ2) is 8.07. The first-order chi connectivity index (χ1) is 13.6. The Bertz CT molecular complexity index is 1060. The number of benzene rings is 2. The lowest BCUT2D eigenvalue weighted by atomic mass is 10.1. The Morgan fingerprint density at radius 2 is 1.40 bits per heavy atom. The van der Waals surface area contributed by atoms with Gasteiger partial charge in [-0.3, -0.25) is 20.2 Å². The Morgan fingerprint density at radius 1 is 0.867 bits per heavy atom. The Labute approximate surface area is 180 Å². The second-order valence-corrected chi connectivity index (χ2v) is 7.01. The standard InChI is InChI=1S/C14H4BrCl2F6N3O4/c15-9-5(13(18,19)20)3-7(16)12(10(9)17)24-11-6(14(21,22)23)1-4(25(27)28)2-8(11)26(29)30/h1-3,24H. The fourth-order valence-corrected chi connectivity index (χ4v) is 3.34. The number of nitro benzene ring substituents is 2. The lowest BCUT2D eigenvalue weighted by Gasteiger charge is -2.19. The van der Waals surface area contributed by atoms with Crippen LogP contribution in [0.3, 0.4) is 0 Å². The summed E-state index contributed by atoms with van der Waals surface area (Å²) in [5.74, 6) is 0. The summed E-state index contributed by atoms with van der Waals surface area (Å²) < 4.78 is 78.5. The summed E-state index contributed by atoms with van der Waals surface area (Å²) in [4.78, 5) is 19.5. The van der Waals surface area contributed by atoms with Crippen molar-refractivity contribution in [2.75, 3.05) is 5.32 Å². The minimum absolute atomic E-state index is 0.0241. The highest BCUT2D eigenvalue weighted by molar-refractivity contribution is 9.10. The molecule has 0 atom stereocenters. The van der Waals surface area contributed by atoms with E-state index in [0.717, 1.165) is 0 Å². The zero-order valence-electron chi connectivity index (χ0n) is 13.7. The fourth-order valence-electron chi connectivity index (χ4n) is 2.26. The van der Waals surface area contributed by atoms with Crippen LogP contribution < -0.4 is 5.32 Å². The van der Waals surface area contributed by atoms with Gasteiger partial charge < -0.3 is 5.32 Å². The zero-order valence-corrected chi connectivity index (χ0v) is 16.8. The van der Waals surface area contributed by atoms with Gasteiger partial charge in [-0.15, -0.1) is 0 Å². The maximum atomic E-state index is 13.4. The number of non-ortho nitro benzene ring substituents is 1. The molecule has 0 fully saturated rings. The van der Waals surface area contributed by atoms with Gasteiger partial charge in [0.2, 0.25) is 0 Å². The van der Waals surface area contributed by atoms with Gasteiger partial charge in [-0.2, -0.15) is 26.3 Å². The van der Waals surface area contributed by atoms with Gasteiger partial charge in [0.05, 0.1) is 47.2 Å². The number of rotatable bonds is 4. The lowest BCUT2D eigenvalue weighted by molar-refractivity contribution is -0.394. The van der Waals surface area contributed by atoms with E-state index >= 15 is 0 Å². The van der Waals surface area contributed by atoms with Gasteiger partial charge in [0, 0.05) is 6.07 Å². The van der Waals surface area contributed by atoms with E-state index in [0.29, 0.717) is 6.07 Å². The third kappa shape index (κ3) is 4.70. The number of nitrogens with one attached hydrogen (secondary N) is 1. The van der Waals surface area contributed by atoms with Crippen molar-refractivity contribution in [2.24, 2.45) is 0 Å². The number of alkyl halides is 6. The van der Waals surface area contributed by atoms with Gasteiger partial charge in [0.15, 0.2) is 0 Å². The number of halogens is 9. The van der Waals surface area contributed by atoms with E-state index in [1.807, 2.05) is 5.32 Å². The van der Waals surface area contributed by atoms with Gasteiger partial charge in [-0.05, 0) is 22.0 Å². The highest BCUT2D eigenvalue weighted by Gasteiger charge is 2.41. The van der Waals surface area contributed by atoms with Crippen molar-refractivity contribution in [3.63, 3.8) is 0 Å². The lowest BCUT2D eigenvalue weighted by Crippen LogP contribution is -2.13. The molecular formula is C14H4BrCl2F6N3O4. The van der Waals surface area contributed by atoms with Crippen molar-refractivity contribution in [3.8, 4) is 0 Å². The number of anilines is 2. The van der Waals surface area contributed by atoms with Crippen LogP contribution in [0.15, 0.2) is 22.7 Å². The molecule has 0 aromatic heterocycles. The Hall–Kier alpha value is -2.32. The number of nitro groups is 2. The van der Waals surface area contributed by atoms with Crippen LogP contribution in [0.2, 0.25) is 10.0 Å². The minimum atomic E-state index is -5.32. The summed E-state index contributed by atoms with van der Waals surface area (Å²) in [6.07, 6.45) is -10.2. The van der Waals surface area contributed by atoms with Gasteiger partial charge in [0.25, 0.3) is 11.4 Å². The van der Waals surface area contributed by atoms with Crippen molar-refractivity contribution in [1.82, 2.24) is 0 Å². The van der Waals surface area contributed by atoms with Crippen LogP contribution in [0, 0.1) is 20.2 Å². The maximum absolute atomic E-state index is 13.4. The van der Waals surface area contributed by atoms with Crippen LogP contribution in [-0.4, -0.2) is 9.85 Å². The van der Waals surface area contributed by atoms with Gasteiger partial charge in [-0.25, -0.2) is 0 Å². The molecule has 2 aromatic rings. The molecule has 7 nitrogen and oxygen atoms in total. The second-order valence-electron chi connectivity index (χ2n) is 5.43. The first kappa shape index (κ1) is 24.0. The van der Waals surface area contributed by atoms with Crippen LogP contribution in [-0.2, 0) is 12.4 Å². The van der Waals surface area contributed by atoms with E-state index in [1.165, 1.54) is 0 Å². The summed E-state index contributed by atoms with van der Waals surface area (Å²) in [6, 6.07) is 0.610. The quantitative estimate of drug-likeness (QED) is 0.188. The van der Waals surface area contributed by atoms with Crippen LogP contribution in [0.5, 0.6) is 0 Å². The molecule has 2 aromatic carbocycles. The molecule has 0 saturated heterocycles. The number of hydrogen-bond acceptors (Lipinski definition) is 5. The minimum Gasteiger partial charge on any atom is -0.347 e. The van der Waals surface area contributed by atoms with E-state index in [1.54, 1.807) is 0 Å². The van der Waals surface area contributed by atoms with Crippen molar-refractivity contribution >= 4 is 61.9 Å². The first-order valence-electron chi connectivity index (χ1n) is 7.11. The Kier molecular flexibility index (Phi) is 6.45. The smallest absolute Gasteiger partial charge is 0.347 e. The van der Waals surface area contributed by atoms with Crippen molar-refractivity contribution in [1.29, 1.82) is 0 Å². The normalized spacial score (nSPS) is 12.0. The van der Waals surface area contributed by atoms with Crippen molar-refractivity contribution in [3.05, 3.63) is 64.1 Å². The molecule has 162 valence electrons. The topological polar surface area (TPSA) is 98.3 Å². The van der Waals surface area contributed by atoms with Gasteiger partial charge in [-0.1, -0.05) is 23.2 Å². The van der Waals surface area contributed by atoms with E-state index in [9.17, 15) is 46.6 Å². The summed E-state index contributed by atoms with van der Waals surface area (Å²) in [6.45, 7) is 0. The molecular weight excluding hydrogens is 539 g/mol. The largest absolute Gasteiger partial charge is 0.418 e. The molecule has 30 heavy (non-hydrogen) atoms. The van der Waals surface area contributed by atoms with Crippen LogP contribution >= 0.6 is 39.1 Å². The molecule has 16 heteroatoms. The molecule has 0 spiro atoms. The van der Waals surface area contributed by atoms with Gasteiger partial charge in [0.1, 0.15) is 5.69 Å². The molecule has 0 unspecified atom stereocenters. The van der Waals surface area contributed by atoms with Crippen LogP contribution in [0.4, 0.5) is 49.1 Å². The third-order valence-electron chi connectivity index (χ3n) is 3.53. The SMILES string of the molecule is O=[N+]([O-])c1cc([N+](=O)[O-])c(Nc2c(Cl)cc(C(F)(F)F)c(Br)c2Cl)c(C(F)(F)F)c1. The molecule has 0 radical (unpaired) electrons. The van der Waals surface area contributed by atoms with Gasteiger partial charge >= 0.3 is 12.4 Å². The summed E-state index contributed by atoms with van der Waals surface area (Å²) >= 11 is 14.1. The monoisotopic (exact) mass is 541 g/mol. The van der Waals surface area contributed by atoms with Crippen molar-refractivity contribution < 1.29 is 36.2 Å². The van der Waals surface area contributed by atoms with E-state index < -0.39 is 70.6 Å². The molecule has 0 saturated carbocycles. The molecule has 0 heterocycles. The molecule has 1 N–H and O–H groups in total. The highest BCUT2D eigenvalue weighted by atomic mass is 79.9. The van der Waals surface area contributed by atoms with E-state index in [-0.39, 0.29) is 12.1 Å². The number of hydrogen-bond donors (Lipinski definition) is 1. The zero-order chi connectivity index (χ0) is 23.2. The molecule has 2 rings (SSSR count). The fraction of sp³-hybridized carbons (Fsp3) is 0.143. The highest BCUT2D eigenvalue weighted by Crippen LogP contribution is 2.49. The summed E-state index contributed by atoms with van der Waals surface area (Å²) in [5, 5.41) is 22.4. The van der Waals surface area contributed by atoms with Crippen molar-refractivity contribution in [2.45, 2.75) is 12.4 Å². The van der Waals surface area contributed by atoms with E-state index in [4.69, 9.17) is 23.2 Å². The average molecular weight is 543 g/mol. The van der Waals surface area contributed by atoms with E-state index in [2.05, 4.69) is 15.9 Å². The Balaban J connectivity index is 2.82. The summed E-state index contributed by atoms with van der Waals surface area (Å²) in [5.41, 5.74) is -7.80. The van der Waals surface area contributed by atoms with Crippen LogP contribution in [0.1, 0.15) is 11.1 Å². The third-order valence-corrected chi connectivity index (χ3v) is 5.26. The average Bonchev–Trinajstić information content (AvgIpc) is 2.59. The maximum Gasteiger partial charge on any atom is 0.418 e.